The van der Waals surface area contributed by atoms with Gasteiger partial charge in [0.05, 0.1) is 22.3 Å². The number of aryl methyl sites for hydroxylation is 1. The number of carbonyl (C=O) groups is 1. The van der Waals surface area contributed by atoms with Gasteiger partial charge in [-0.05, 0) is 50.5 Å². The molecular formula is C26H29N5O2S. The lowest BCUT2D eigenvalue weighted by molar-refractivity contribution is -0.131. The maximum Gasteiger partial charge on any atom is 0.267 e. The van der Waals surface area contributed by atoms with Crippen LogP contribution in [0.4, 0.5) is 0 Å². The molecule has 0 spiro atoms. The Morgan fingerprint density at radius 3 is 2.56 bits per heavy atom. The highest BCUT2D eigenvalue weighted by Gasteiger charge is 2.25. The fraction of sp³-hybridized carbons (Fsp3) is 0.385. The van der Waals surface area contributed by atoms with E-state index in [4.69, 9.17) is 0 Å². The van der Waals surface area contributed by atoms with Crippen molar-refractivity contribution < 1.29 is 4.79 Å². The molecule has 0 radical (unpaired) electrons. The van der Waals surface area contributed by atoms with Crippen molar-refractivity contribution in [3.8, 4) is 5.69 Å². The van der Waals surface area contributed by atoms with Gasteiger partial charge in [-0.15, -0.1) is 10.2 Å². The quantitative estimate of drug-likeness (QED) is 0.381. The first-order valence-electron chi connectivity index (χ1n) is 12.0. The van der Waals surface area contributed by atoms with E-state index < -0.39 is 0 Å². The van der Waals surface area contributed by atoms with Gasteiger partial charge in [-0.25, -0.2) is 4.57 Å². The molecule has 1 saturated carbocycles. The smallest absolute Gasteiger partial charge is 0.267 e. The molecule has 4 aromatic rings. The third kappa shape index (κ3) is 4.00. The summed E-state index contributed by atoms with van der Waals surface area (Å²) in [6.07, 6.45) is 5.83. The molecule has 0 unspecified atom stereocenters. The molecule has 8 heteroatoms. The molecule has 1 fully saturated rings. The Morgan fingerprint density at radius 2 is 1.79 bits per heavy atom. The molecular weight excluding hydrogens is 446 g/mol. The van der Waals surface area contributed by atoms with Crippen LogP contribution in [0.15, 0.2) is 58.5 Å². The molecule has 34 heavy (non-hydrogen) atoms. The van der Waals surface area contributed by atoms with E-state index in [1.54, 1.807) is 4.57 Å². The van der Waals surface area contributed by atoms with Gasteiger partial charge in [0.15, 0.2) is 5.16 Å². The molecule has 2 aromatic heterocycles. The predicted octanol–water partition coefficient (Wildman–Crippen LogP) is 4.62. The number of para-hydroxylation sites is 2. The molecule has 1 amide bonds. The van der Waals surface area contributed by atoms with Crippen molar-refractivity contribution in [1.82, 2.24) is 24.1 Å². The Labute approximate surface area is 202 Å². The standard InChI is InChI=1S/C26H29N5O2S/c1-3-29(19-12-5-4-6-13-19)23(32)17-34-26-28-27-25-30(21-15-9-7-11-18(21)2)24(33)20-14-8-10-16-22(20)31(25)26/h7-11,14-16,19H,3-6,12-13,17H2,1-2H3. The Bertz CT molecular complexity index is 1400. The summed E-state index contributed by atoms with van der Waals surface area (Å²) in [5, 5.41) is 10.0. The van der Waals surface area contributed by atoms with E-state index in [0.717, 1.165) is 36.2 Å². The number of fused-ring (bicyclic) bond motifs is 3. The number of amides is 1. The van der Waals surface area contributed by atoms with Crippen molar-refractivity contribution in [2.45, 2.75) is 57.1 Å². The molecule has 0 atom stereocenters. The van der Waals surface area contributed by atoms with Crippen LogP contribution in [0.5, 0.6) is 0 Å². The van der Waals surface area contributed by atoms with Crippen molar-refractivity contribution >= 4 is 34.3 Å². The molecule has 2 aromatic carbocycles. The Kier molecular flexibility index (Phi) is 6.41. The monoisotopic (exact) mass is 475 g/mol. The lowest BCUT2D eigenvalue weighted by atomic mass is 9.94. The molecule has 0 aliphatic heterocycles. The molecule has 0 saturated heterocycles. The van der Waals surface area contributed by atoms with Crippen molar-refractivity contribution in [2.24, 2.45) is 0 Å². The molecule has 0 N–H and O–H groups in total. The van der Waals surface area contributed by atoms with Gasteiger partial charge in [-0.2, -0.15) is 0 Å². The Morgan fingerprint density at radius 1 is 1.06 bits per heavy atom. The number of benzene rings is 2. The first kappa shape index (κ1) is 22.7. The summed E-state index contributed by atoms with van der Waals surface area (Å²) < 4.78 is 3.52. The first-order chi connectivity index (χ1) is 16.6. The Hall–Kier alpha value is -3.13. The highest BCUT2D eigenvalue weighted by atomic mass is 32.2. The van der Waals surface area contributed by atoms with Crippen molar-refractivity contribution in [3.63, 3.8) is 0 Å². The van der Waals surface area contributed by atoms with Crippen molar-refractivity contribution in [2.75, 3.05) is 12.3 Å². The third-order valence-corrected chi connectivity index (χ3v) is 7.67. The van der Waals surface area contributed by atoms with Crippen LogP contribution in [0.2, 0.25) is 0 Å². The van der Waals surface area contributed by atoms with Gasteiger partial charge < -0.3 is 4.90 Å². The van der Waals surface area contributed by atoms with E-state index in [-0.39, 0.29) is 11.5 Å². The van der Waals surface area contributed by atoms with Crippen LogP contribution in [0.25, 0.3) is 22.4 Å². The van der Waals surface area contributed by atoms with Crippen molar-refractivity contribution in [3.05, 3.63) is 64.4 Å². The van der Waals surface area contributed by atoms with E-state index in [2.05, 4.69) is 17.1 Å². The number of hydrogen-bond acceptors (Lipinski definition) is 5. The van der Waals surface area contributed by atoms with E-state index in [1.807, 2.05) is 64.8 Å². The minimum atomic E-state index is -0.133. The fourth-order valence-electron chi connectivity index (χ4n) is 5.04. The lowest BCUT2D eigenvalue weighted by Crippen LogP contribution is -2.42. The van der Waals surface area contributed by atoms with Crippen LogP contribution < -0.4 is 5.56 Å². The lowest BCUT2D eigenvalue weighted by Gasteiger charge is -2.33. The van der Waals surface area contributed by atoms with Crippen LogP contribution in [-0.4, -0.2) is 48.3 Å². The second-order valence-electron chi connectivity index (χ2n) is 8.82. The second kappa shape index (κ2) is 9.62. The van der Waals surface area contributed by atoms with Crippen LogP contribution in [0.1, 0.15) is 44.6 Å². The fourth-order valence-corrected chi connectivity index (χ4v) is 5.87. The molecule has 5 rings (SSSR count). The SMILES string of the molecule is CCN(C(=O)CSc1nnc2n(-c3ccccc3C)c(=O)c3ccccc3n12)C1CCCCC1. The minimum Gasteiger partial charge on any atom is -0.339 e. The largest absolute Gasteiger partial charge is 0.339 e. The van der Waals surface area contributed by atoms with E-state index in [9.17, 15) is 9.59 Å². The number of nitrogens with zero attached hydrogens (tertiary/aromatic N) is 5. The van der Waals surface area contributed by atoms with Crippen LogP contribution >= 0.6 is 11.8 Å². The molecule has 1 aliphatic rings. The van der Waals surface area contributed by atoms with Crippen LogP contribution in [0, 0.1) is 6.92 Å². The van der Waals surface area contributed by atoms with E-state index in [1.165, 1.54) is 31.0 Å². The normalized spacial score (nSPS) is 14.6. The van der Waals surface area contributed by atoms with Gasteiger partial charge in [0, 0.05) is 12.6 Å². The average molecular weight is 476 g/mol. The van der Waals surface area contributed by atoms with Gasteiger partial charge in [-0.1, -0.05) is 61.4 Å². The number of thioether (sulfide) groups is 1. The summed E-state index contributed by atoms with van der Waals surface area (Å²) in [4.78, 5) is 28.7. The summed E-state index contributed by atoms with van der Waals surface area (Å²) in [7, 11) is 0. The molecule has 176 valence electrons. The molecule has 2 heterocycles. The summed E-state index contributed by atoms with van der Waals surface area (Å²) in [6.45, 7) is 4.75. The zero-order valence-corrected chi connectivity index (χ0v) is 20.4. The number of rotatable bonds is 6. The molecule has 1 aliphatic carbocycles. The highest BCUT2D eigenvalue weighted by molar-refractivity contribution is 7.99. The Balaban J connectivity index is 1.55. The second-order valence-corrected chi connectivity index (χ2v) is 9.76. The van der Waals surface area contributed by atoms with Gasteiger partial charge in [0.25, 0.3) is 5.56 Å². The number of carbonyl (C=O) groups excluding carboxylic acids is 1. The van der Waals surface area contributed by atoms with E-state index >= 15 is 0 Å². The summed E-state index contributed by atoms with van der Waals surface area (Å²) in [5.74, 6) is 0.878. The van der Waals surface area contributed by atoms with Gasteiger partial charge in [-0.3, -0.25) is 14.0 Å². The van der Waals surface area contributed by atoms with Crippen LogP contribution in [-0.2, 0) is 4.79 Å². The highest BCUT2D eigenvalue weighted by Crippen LogP contribution is 2.26. The maximum atomic E-state index is 13.5. The predicted molar refractivity (Wildman–Crippen MR) is 136 cm³/mol. The minimum absolute atomic E-state index is 0.132. The zero-order valence-electron chi connectivity index (χ0n) is 19.6. The summed E-state index contributed by atoms with van der Waals surface area (Å²) >= 11 is 1.38. The zero-order chi connectivity index (χ0) is 23.7. The maximum absolute atomic E-state index is 13.5. The van der Waals surface area contributed by atoms with Gasteiger partial charge in [0.1, 0.15) is 0 Å². The van der Waals surface area contributed by atoms with Crippen molar-refractivity contribution in [1.29, 1.82) is 0 Å². The summed E-state index contributed by atoms with van der Waals surface area (Å²) in [5.41, 5.74) is 2.36. The third-order valence-electron chi connectivity index (χ3n) is 6.75. The first-order valence-corrected chi connectivity index (χ1v) is 13.0. The molecule has 0 bridgehead atoms. The molecule has 7 nitrogen and oxygen atoms in total. The number of aromatic nitrogens is 4. The topological polar surface area (TPSA) is 72.5 Å². The van der Waals surface area contributed by atoms with Gasteiger partial charge in [0.2, 0.25) is 11.7 Å². The average Bonchev–Trinajstić information content (AvgIpc) is 3.29. The van der Waals surface area contributed by atoms with E-state index in [0.29, 0.717) is 28.1 Å². The summed E-state index contributed by atoms with van der Waals surface area (Å²) in [6, 6.07) is 15.6. The van der Waals surface area contributed by atoms with Gasteiger partial charge >= 0.3 is 0 Å². The number of hydrogen-bond donors (Lipinski definition) is 0. The van der Waals surface area contributed by atoms with Crippen LogP contribution in [0.3, 0.4) is 0 Å².